The van der Waals surface area contributed by atoms with Crippen molar-refractivity contribution in [3.8, 4) is 0 Å². The van der Waals surface area contributed by atoms with Crippen LogP contribution in [0.2, 0.25) is 0 Å². The van der Waals surface area contributed by atoms with Gasteiger partial charge in [-0.3, -0.25) is 4.90 Å². The van der Waals surface area contributed by atoms with E-state index in [0.29, 0.717) is 6.04 Å². The van der Waals surface area contributed by atoms with Crippen molar-refractivity contribution in [2.75, 3.05) is 12.0 Å². The summed E-state index contributed by atoms with van der Waals surface area (Å²) in [5.74, 6) is 6.17. The summed E-state index contributed by atoms with van der Waals surface area (Å²) in [5, 5.41) is 0. The Kier molecular flexibility index (Phi) is 4.52. The summed E-state index contributed by atoms with van der Waals surface area (Å²) in [7, 11) is 0. The highest BCUT2D eigenvalue weighted by atomic mass is 15.3. The molecule has 0 aliphatic carbocycles. The molecule has 0 aliphatic rings. The monoisotopic (exact) mass is 208 g/mol. The van der Waals surface area contributed by atoms with Crippen LogP contribution in [0.3, 0.4) is 0 Å². The van der Waals surface area contributed by atoms with E-state index in [1.54, 1.807) is 6.20 Å². The number of hydrogen-bond acceptors (Lipinski definition) is 4. The third kappa shape index (κ3) is 3.18. The molecule has 1 rings (SSSR count). The zero-order valence-corrected chi connectivity index (χ0v) is 9.70. The van der Waals surface area contributed by atoms with Gasteiger partial charge in [-0.2, -0.15) is 0 Å². The number of nitrogen functional groups attached to an aromatic ring is 1. The lowest BCUT2D eigenvalue weighted by Crippen LogP contribution is -2.30. The van der Waals surface area contributed by atoms with Gasteiger partial charge in [0.2, 0.25) is 0 Å². The Balaban J connectivity index is 2.78. The van der Waals surface area contributed by atoms with Gasteiger partial charge in [-0.25, -0.2) is 10.8 Å². The molecule has 15 heavy (non-hydrogen) atoms. The van der Waals surface area contributed by atoms with E-state index in [0.717, 1.165) is 24.5 Å². The summed E-state index contributed by atoms with van der Waals surface area (Å²) in [6.07, 6.45) is 1.74. The van der Waals surface area contributed by atoms with E-state index in [1.807, 2.05) is 12.1 Å². The molecule has 0 fully saturated rings. The minimum Gasteiger partial charge on any atom is -0.308 e. The first kappa shape index (κ1) is 11.9. The zero-order chi connectivity index (χ0) is 11.3. The van der Waals surface area contributed by atoms with Crippen LogP contribution in [0, 0.1) is 0 Å². The standard InChI is InChI=1S/C11H20N4/c1-4-15(9(2)3)8-10-6-5-7-13-11(10)14-12/h5-7,9H,4,8,12H2,1-3H3,(H,13,14). The van der Waals surface area contributed by atoms with E-state index in [1.165, 1.54) is 0 Å². The second kappa shape index (κ2) is 5.68. The average Bonchev–Trinajstić information content (AvgIpc) is 2.25. The van der Waals surface area contributed by atoms with Crippen LogP contribution in [0.25, 0.3) is 0 Å². The van der Waals surface area contributed by atoms with Crippen LogP contribution in [-0.4, -0.2) is 22.5 Å². The van der Waals surface area contributed by atoms with E-state index in [-0.39, 0.29) is 0 Å². The summed E-state index contributed by atoms with van der Waals surface area (Å²) in [6.45, 7) is 8.44. The Morgan fingerprint density at radius 1 is 1.53 bits per heavy atom. The van der Waals surface area contributed by atoms with E-state index >= 15 is 0 Å². The molecule has 0 spiro atoms. The maximum atomic E-state index is 5.41. The van der Waals surface area contributed by atoms with Crippen LogP contribution >= 0.6 is 0 Å². The first-order valence-electron chi connectivity index (χ1n) is 5.33. The van der Waals surface area contributed by atoms with Crippen LogP contribution in [0.5, 0.6) is 0 Å². The second-order valence-electron chi connectivity index (χ2n) is 3.81. The highest BCUT2D eigenvalue weighted by molar-refractivity contribution is 5.42. The minimum absolute atomic E-state index is 0.529. The largest absolute Gasteiger partial charge is 0.308 e. The quantitative estimate of drug-likeness (QED) is 0.570. The van der Waals surface area contributed by atoms with Gasteiger partial charge in [-0.1, -0.05) is 13.0 Å². The highest BCUT2D eigenvalue weighted by Gasteiger charge is 2.10. The van der Waals surface area contributed by atoms with Gasteiger partial charge in [0.15, 0.2) is 0 Å². The molecule has 0 unspecified atom stereocenters. The summed E-state index contributed by atoms with van der Waals surface area (Å²) >= 11 is 0. The van der Waals surface area contributed by atoms with Gasteiger partial charge in [0.25, 0.3) is 0 Å². The molecule has 0 aliphatic heterocycles. The Bertz CT molecular complexity index is 298. The van der Waals surface area contributed by atoms with Crippen LogP contribution < -0.4 is 11.3 Å². The summed E-state index contributed by atoms with van der Waals surface area (Å²) in [6, 6.07) is 4.51. The summed E-state index contributed by atoms with van der Waals surface area (Å²) in [5.41, 5.74) is 3.76. The van der Waals surface area contributed by atoms with Crippen molar-refractivity contribution < 1.29 is 0 Å². The van der Waals surface area contributed by atoms with Crippen molar-refractivity contribution in [2.45, 2.75) is 33.4 Å². The molecule has 0 saturated carbocycles. The topological polar surface area (TPSA) is 54.2 Å². The van der Waals surface area contributed by atoms with Gasteiger partial charge in [-0.15, -0.1) is 0 Å². The molecule has 4 nitrogen and oxygen atoms in total. The van der Waals surface area contributed by atoms with Gasteiger partial charge in [0, 0.05) is 24.3 Å². The Morgan fingerprint density at radius 2 is 2.27 bits per heavy atom. The molecule has 84 valence electrons. The number of nitrogens with one attached hydrogen (secondary N) is 1. The molecule has 1 aromatic heterocycles. The maximum Gasteiger partial charge on any atom is 0.144 e. The molecule has 1 heterocycles. The molecule has 1 aromatic rings. The van der Waals surface area contributed by atoms with Crippen molar-refractivity contribution >= 4 is 5.82 Å². The van der Waals surface area contributed by atoms with E-state index in [4.69, 9.17) is 5.84 Å². The molecular weight excluding hydrogens is 188 g/mol. The number of aromatic nitrogens is 1. The molecule has 0 bridgehead atoms. The van der Waals surface area contributed by atoms with Crippen molar-refractivity contribution in [1.29, 1.82) is 0 Å². The van der Waals surface area contributed by atoms with Crippen LogP contribution in [0.1, 0.15) is 26.3 Å². The fourth-order valence-corrected chi connectivity index (χ4v) is 1.57. The van der Waals surface area contributed by atoms with Gasteiger partial charge in [0.05, 0.1) is 0 Å². The van der Waals surface area contributed by atoms with E-state index in [9.17, 15) is 0 Å². The van der Waals surface area contributed by atoms with Crippen LogP contribution in [0.15, 0.2) is 18.3 Å². The number of hydrogen-bond donors (Lipinski definition) is 2. The minimum atomic E-state index is 0.529. The highest BCUT2D eigenvalue weighted by Crippen LogP contribution is 2.14. The maximum absolute atomic E-state index is 5.41. The predicted octanol–water partition coefficient (Wildman–Crippen LogP) is 1.60. The third-order valence-electron chi connectivity index (χ3n) is 2.54. The zero-order valence-electron chi connectivity index (χ0n) is 9.70. The van der Waals surface area contributed by atoms with Crippen molar-refractivity contribution in [2.24, 2.45) is 5.84 Å². The Hall–Kier alpha value is -1.13. The number of nitrogens with two attached hydrogens (primary N) is 1. The summed E-state index contributed by atoms with van der Waals surface area (Å²) in [4.78, 5) is 6.54. The first-order valence-corrected chi connectivity index (χ1v) is 5.33. The first-order chi connectivity index (χ1) is 7.19. The van der Waals surface area contributed by atoms with Crippen LogP contribution in [0.4, 0.5) is 5.82 Å². The van der Waals surface area contributed by atoms with Crippen molar-refractivity contribution in [3.05, 3.63) is 23.9 Å². The van der Waals surface area contributed by atoms with E-state index in [2.05, 4.69) is 36.1 Å². The normalized spacial score (nSPS) is 11.1. The number of rotatable bonds is 5. The molecule has 0 saturated heterocycles. The number of hydrazine groups is 1. The molecule has 0 aromatic carbocycles. The fourth-order valence-electron chi connectivity index (χ4n) is 1.57. The number of pyridine rings is 1. The van der Waals surface area contributed by atoms with E-state index < -0.39 is 0 Å². The van der Waals surface area contributed by atoms with Crippen molar-refractivity contribution in [3.63, 3.8) is 0 Å². The predicted molar refractivity (Wildman–Crippen MR) is 63.3 cm³/mol. The molecule has 0 amide bonds. The molecule has 0 radical (unpaired) electrons. The average molecular weight is 208 g/mol. The molecule has 0 atom stereocenters. The number of anilines is 1. The lowest BCUT2D eigenvalue weighted by molar-refractivity contribution is 0.225. The van der Waals surface area contributed by atoms with Gasteiger partial charge in [-0.05, 0) is 26.5 Å². The third-order valence-corrected chi connectivity index (χ3v) is 2.54. The fraction of sp³-hybridized carbons (Fsp3) is 0.545. The molecule has 3 N–H and O–H groups in total. The van der Waals surface area contributed by atoms with Gasteiger partial charge >= 0.3 is 0 Å². The van der Waals surface area contributed by atoms with Crippen molar-refractivity contribution in [1.82, 2.24) is 9.88 Å². The second-order valence-corrected chi connectivity index (χ2v) is 3.81. The molecule has 4 heteroatoms. The van der Waals surface area contributed by atoms with Gasteiger partial charge < -0.3 is 5.43 Å². The van der Waals surface area contributed by atoms with Gasteiger partial charge in [0.1, 0.15) is 5.82 Å². The summed E-state index contributed by atoms with van der Waals surface area (Å²) < 4.78 is 0. The smallest absolute Gasteiger partial charge is 0.144 e. The van der Waals surface area contributed by atoms with Crippen LogP contribution in [-0.2, 0) is 6.54 Å². The Morgan fingerprint density at radius 3 is 2.80 bits per heavy atom. The molecular formula is C11H20N4. The lowest BCUT2D eigenvalue weighted by atomic mass is 10.2. The lowest BCUT2D eigenvalue weighted by Gasteiger charge is -2.25. The Labute approximate surface area is 91.5 Å². The number of nitrogens with zero attached hydrogens (tertiary/aromatic N) is 2. The SMILES string of the molecule is CCN(Cc1cccnc1NN)C(C)C.